The first-order valence-electron chi connectivity index (χ1n) is 11.6. The van der Waals surface area contributed by atoms with E-state index in [0.717, 1.165) is 60.3 Å². The number of H-pyrrole nitrogens is 1. The van der Waals surface area contributed by atoms with Gasteiger partial charge in [0, 0.05) is 45.0 Å². The molecule has 7 nitrogen and oxygen atoms in total. The number of rotatable bonds is 5. The largest absolute Gasteiger partial charge is 0.332 e. The highest BCUT2D eigenvalue weighted by Gasteiger charge is 2.33. The maximum absolute atomic E-state index is 13.1. The predicted octanol–water partition coefficient (Wildman–Crippen LogP) is 2.94. The molecule has 170 valence electrons. The lowest BCUT2D eigenvalue weighted by atomic mass is 10.1. The zero-order chi connectivity index (χ0) is 22.8. The lowest BCUT2D eigenvalue weighted by molar-refractivity contribution is -0.131. The zero-order valence-corrected chi connectivity index (χ0v) is 19.0. The Kier molecular flexibility index (Phi) is 6.05. The standard InChI is InChI=1S/C26H29N5O2/c1-18-5-2-6-19(13-18)14-24(32)31-11-4-8-23(31)25-28-22-9-12-30(17-21(22)26(33)29-25)16-20-7-3-10-27-15-20/h2-3,5-7,10,13,15,23H,4,8-9,11-12,14,16-17H2,1H3,(H,28,29,33)/t23-/m1/s1. The minimum atomic E-state index is -0.159. The molecule has 0 radical (unpaired) electrons. The van der Waals surface area contributed by atoms with Crippen LogP contribution in [0.3, 0.4) is 0 Å². The molecule has 2 aliphatic heterocycles. The molecule has 1 amide bonds. The van der Waals surface area contributed by atoms with E-state index >= 15 is 0 Å². The fourth-order valence-corrected chi connectivity index (χ4v) is 4.99. The molecule has 1 atom stereocenters. The van der Waals surface area contributed by atoms with Gasteiger partial charge in [-0.25, -0.2) is 4.98 Å². The van der Waals surface area contributed by atoms with Crippen LogP contribution in [0.1, 0.15) is 52.7 Å². The lowest BCUT2D eigenvalue weighted by Crippen LogP contribution is -2.38. The number of likely N-dealkylation sites (tertiary alicyclic amines) is 1. The molecule has 0 bridgehead atoms. The van der Waals surface area contributed by atoms with Crippen LogP contribution in [-0.4, -0.2) is 43.7 Å². The molecular weight excluding hydrogens is 414 g/mol. The highest BCUT2D eigenvalue weighted by Crippen LogP contribution is 2.31. The van der Waals surface area contributed by atoms with Crippen LogP contribution >= 0.6 is 0 Å². The second kappa shape index (κ2) is 9.27. The highest BCUT2D eigenvalue weighted by molar-refractivity contribution is 5.79. The summed E-state index contributed by atoms with van der Waals surface area (Å²) >= 11 is 0. The molecule has 1 saturated heterocycles. The Labute approximate surface area is 193 Å². The average Bonchev–Trinajstić information content (AvgIpc) is 3.30. The van der Waals surface area contributed by atoms with Crippen molar-refractivity contribution in [1.29, 1.82) is 0 Å². The number of aromatic nitrogens is 3. The van der Waals surface area contributed by atoms with Gasteiger partial charge in [0.25, 0.3) is 5.56 Å². The molecule has 1 N–H and O–H groups in total. The number of nitrogens with zero attached hydrogens (tertiary/aromatic N) is 4. The van der Waals surface area contributed by atoms with Gasteiger partial charge in [-0.3, -0.25) is 19.5 Å². The van der Waals surface area contributed by atoms with Crippen LogP contribution in [0.15, 0.2) is 53.6 Å². The van der Waals surface area contributed by atoms with Gasteiger partial charge in [0.15, 0.2) is 0 Å². The number of fused-ring (bicyclic) bond motifs is 1. The van der Waals surface area contributed by atoms with Crippen molar-refractivity contribution >= 4 is 5.91 Å². The third-order valence-electron chi connectivity index (χ3n) is 6.62. The van der Waals surface area contributed by atoms with Crippen LogP contribution in [0.25, 0.3) is 0 Å². The van der Waals surface area contributed by atoms with Crippen LogP contribution in [-0.2, 0) is 30.7 Å². The van der Waals surface area contributed by atoms with E-state index in [0.29, 0.717) is 25.3 Å². The molecule has 4 heterocycles. The molecule has 0 spiro atoms. The van der Waals surface area contributed by atoms with Gasteiger partial charge in [-0.1, -0.05) is 35.9 Å². The van der Waals surface area contributed by atoms with Gasteiger partial charge in [-0.2, -0.15) is 0 Å². The third kappa shape index (κ3) is 4.73. The smallest absolute Gasteiger partial charge is 0.255 e. The number of carbonyl (C=O) groups is 1. The Morgan fingerprint density at radius 2 is 2.06 bits per heavy atom. The van der Waals surface area contributed by atoms with Crippen molar-refractivity contribution < 1.29 is 4.79 Å². The van der Waals surface area contributed by atoms with Crippen molar-refractivity contribution in [3.8, 4) is 0 Å². The summed E-state index contributed by atoms with van der Waals surface area (Å²) in [5.74, 6) is 0.723. The Morgan fingerprint density at radius 1 is 1.18 bits per heavy atom. The first-order valence-corrected chi connectivity index (χ1v) is 11.6. The van der Waals surface area contributed by atoms with Crippen LogP contribution in [0.5, 0.6) is 0 Å². The molecule has 2 aliphatic rings. The summed E-state index contributed by atoms with van der Waals surface area (Å²) in [4.78, 5) is 42.3. The summed E-state index contributed by atoms with van der Waals surface area (Å²) < 4.78 is 0. The van der Waals surface area contributed by atoms with Gasteiger partial charge in [0.2, 0.25) is 5.91 Å². The first-order chi connectivity index (χ1) is 16.1. The number of aryl methyl sites for hydroxylation is 1. The van der Waals surface area contributed by atoms with E-state index in [2.05, 4.69) is 27.0 Å². The van der Waals surface area contributed by atoms with Crippen molar-refractivity contribution in [3.05, 3.63) is 92.9 Å². The molecule has 3 aromatic rings. The maximum atomic E-state index is 13.1. The number of aromatic amines is 1. The summed E-state index contributed by atoms with van der Waals surface area (Å²) in [6.07, 6.45) is 6.48. The number of amides is 1. The van der Waals surface area contributed by atoms with Gasteiger partial charge in [0.1, 0.15) is 5.82 Å². The van der Waals surface area contributed by atoms with Crippen molar-refractivity contribution in [2.45, 2.75) is 51.7 Å². The minimum absolute atomic E-state index is 0.0798. The Hall–Kier alpha value is -3.32. The SMILES string of the molecule is Cc1cccc(CC(=O)N2CCC[C@@H]2c2nc3c(c(=O)[nH]2)CN(Cc2cccnc2)CC3)c1. The number of pyridine rings is 1. The number of carbonyl (C=O) groups excluding carboxylic acids is 1. The summed E-state index contributed by atoms with van der Waals surface area (Å²) in [6, 6.07) is 11.9. The molecule has 0 saturated carbocycles. The van der Waals surface area contributed by atoms with Crippen molar-refractivity contribution in [3.63, 3.8) is 0 Å². The third-order valence-corrected chi connectivity index (χ3v) is 6.62. The second-order valence-electron chi connectivity index (χ2n) is 9.11. The summed E-state index contributed by atoms with van der Waals surface area (Å²) in [7, 11) is 0. The number of hydrogen-bond donors (Lipinski definition) is 1. The molecule has 0 unspecified atom stereocenters. The average molecular weight is 444 g/mol. The quantitative estimate of drug-likeness (QED) is 0.656. The van der Waals surface area contributed by atoms with E-state index in [-0.39, 0.29) is 17.5 Å². The van der Waals surface area contributed by atoms with Crippen molar-refractivity contribution in [1.82, 2.24) is 24.8 Å². The molecule has 1 aromatic carbocycles. The second-order valence-corrected chi connectivity index (χ2v) is 9.11. The monoisotopic (exact) mass is 443 g/mol. The van der Waals surface area contributed by atoms with Gasteiger partial charge in [-0.15, -0.1) is 0 Å². The summed E-state index contributed by atoms with van der Waals surface area (Å²) in [6.45, 7) is 4.92. The Morgan fingerprint density at radius 3 is 2.88 bits per heavy atom. The van der Waals surface area contributed by atoms with Gasteiger partial charge in [0.05, 0.1) is 23.7 Å². The van der Waals surface area contributed by atoms with Crippen LogP contribution < -0.4 is 5.56 Å². The molecule has 2 aromatic heterocycles. The van der Waals surface area contributed by atoms with Gasteiger partial charge < -0.3 is 9.88 Å². The Balaban J connectivity index is 1.32. The van der Waals surface area contributed by atoms with E-state index in [1.54, 1.807) is 6.20 Å². The van der Waals surface area contributed by atoms with E-state index in [1.165, 1.54) is 0 Å². The summed E-state index contributed by atoms with van der Waals surface area (Å²) in [5, 5.41) is 0. The lowest BCUT2D eigenvalue weighted by Gasteiger charge is -2.29. The number of benzene rings is 1. The van der Waals surface area contributed by atoms with Gasteiger partial charge >= 0.3 is 0 Å². The highest BCUT2D eigenvalue weighted by atomic mass is 16.2. The molecule has 7 heteroatoms. The topological polar surface area (TPSA) is 82.2 Å². The van der Waals surface area contributed by atoms with Crippen molar-refractivity contribution in [2.75, 3.05) is 13.1 Å². The van der Waals surface area contributed by atoms with E-state index < -0.39 is 0 Å². The van der Waals surface area contributed by atoms with Crippen LogP contribution in [0.4, 0.5) is 0 Å². The fourth-order valence-electron chi connectivity index (χ4n) is 4.99. The molecule has 1 fully saturated rings. The molecule has 0 aliphatic carbocycles. The molecule has 5 rings (SSSR count). The van der Waals surface area contributed by atoms with Gasteiger partial charge in [-0.05, 0) is 37.0 Å². The zero-order valence-electron chi connectivity index (χ0n) is 19.0. The number of hydrogen-bond acceptors (Lipinski definition) is 5. The maximum Gasteiger partial charge on any atom is 0.255 e. The van der Waals surface area contributed by atoms with Crippen LogP contribution in [0, 0.1) is 6.92 Å². The Bertz CT molecular complexity index is 1210. The molecule has 33 heavy (non-hydrogen) atoms. The fraction of sp³-hybridized carbons (Fsp3) is 0.385. The predicted molar refractivity (Wildman–Crippen MR) is 125 cm³/mol. The number of nitrogens with one attached hydrogen (secondary N) is 1. The van der Waals surface area contributed by atoms with E-state index in [4.69, 9.17) is 4.98 Å². The van der Waals surface area contributed by atoms with E-state index in [1.807, 2.05) is 42.3 Å². The first kappa shape index (κ1) is 21.5. The van der Waals surface area contributed by atoms with Crippen molar-refractivity contribution in [2.24, 2.45) is 0 Å². The minimum Gasteiger partial charge on any atom is -0.332 e. The van der Waals surface area contributed by atoms with E-state index in [9.17, 15) is 9.59 Å². The normalized spacial score (nSPS) is 18.3. The summed E-state index contributed by atoms with van der Waals surface area (Å²) in [5.41, 5.74) is 4.83. The molecular formula is C26H29N5O2. The van der Waals surface area contributed by atoms with Crippen LogP contribution in [0.2, 0.25) is 0 Å².